The number of benzene rings is 3. The summed E-state index contributed by atoms with van der Waals surface area (Å²) in [6.07, 6.45) is 4.21. The van der Waals surface area contributed by atoms with Gasteiger partial charge in [0, 0.05) is 13.1 Å². The number of fused-ring (bicyclic) bond motifs is 1. The Bertz CT molecular complexity index is 1490. The van der Waals surface area contributed by atoms with Gasteiger partial charge in [0.1, 0.15) is 11.6 Å². The van der Waals surface area contributed by atoms with Crippen LogP contribution in [0.2, 0.25) is 0 Å². The minimum absolute atomic E-state index is 0.0637. The van der Waals surface area contributed by atoms with E-state index < -0.39 is 11.9 Å². The summed E-state index contributed by atoms with van der Waals surface area (Å²) in [7, 11) is 3.91. The molecule has 0 spiro atoms. The molecule has 7 heteroatoms. The fourth-order valence-electron chi connectivity index (χ4n) is 4.47. The van der Waals surface area contributed by atoms with Crippen LogP contribution in [-0.4, -0.2) is 52.4 Å². The van der Waals surface area contributed by atoms with Crippen molar-refractivity contribution in [2.45, 2.75) is 26.3 Å². The Kier molecular flexibility index (Phi) is 8.48. The first-order chi connectivity index (χ1) is 18.3. The van der Waals surface area contributed by atoms with Gasteiger partial charge in [-0.2, -0.15) is 0 Å². The maximum atomic E-state index is 13.7. The number of nitrogens with zero attached hydrogens (tertiary/aromatic N) is 4. The Morgan fingerprint density at radius 3 is 2.34 bits per heavy atom. The second-order valence-corrected chi connectivity index (χ2v) is 9.59. The van der Waals surface area contributed by atoms with Crippen LogP contribution in [0.3, 0.4) is 0 Å². The van der Waals surface area contributed by atoms with Crippen LogP contribution in [0.15, 0.2) is 83.7 Å². The number of carbonyl (C=O) groups is 1. The lowest BCUT2D eigenvalue weighted by molar-refractivity contribution is -0.133. The Labute approximate surface area is 222 Å². The third kappa shape index (κ3) is 6.06. The average molecular weight is 513 g/mol. The molecule has 0 radical (unpaired) electrons. The molecule has 1 aromatic heterocycles. The molecule has 0 aliphatic heterocycles. The van der Waals surface area contributed by atoms with E-state index in [1.54, 1.807) is 35.2 Å². The highest BCUT2D eigenvalue weighted by atomic mass is 19.1. The minimum Gasteiger partial charge on any atom is -0.331 e. The summed E-state index contributed by atoms with van der Waals surface area (Å²) >= 11 is 0. The highest BCUT2D eigenvalue weighted by molar-refractivity contribution is 5.80. The predicted octanol–water partition coefficient (Wildman–Crippen LogP) is 5.25. The molecule has 0 aliphatic rings. The van der Waals surface area contributed by atoms with E-state index >= 15 is 0 Å². The third-order valence-corrected chi connectivity index (χ3v) is 6.53. The van der Waals surface area contributed by atoms with Crippen molar-refractivity contribution in [3.05, 3.63) is 112 Å². The lowest BCUT2D eigenvalue weighted by Crippen LogP contribution is -2.41. The topological polar surface area (TPSA) is 58.4 Å². The van der Waals surface area contributed by atoms with Crippen molar-refractivity contribution < 1.29 is 9.18 Å². The minimum atomic E-state index is -0.521. The van der Waals surface area contributed by atoms with Crippen molar-refractivity contribution in [3.8, 4) is 5.69 Å². The molecule has 38 heavy (non-hydrogen) atoms. The van der Waals surface area contributed by atoms with E-state index in [0.29, 0.717) is 35.5 Å². The van der Waals surface area contributed by atoms with Crippen molar-refractivity contribution >= 4 is 22.9 Å². The number of likely N-dealkylation sites (N-methyl/N-ethyl adjacent to an activating group) is 1. The van der Waals surface area contributed by atoms with Crippen LogP contribution in [0.5, 0.6) is 0 Å². The molecule has 1 unspecified atom stereocenters. The zero-order valence-corrected chi connectivity index (χ0v) is 22.3. The van der Waals surface area contributed by atoms with E-state index in [4.69, 9.17) is 4.98 Å². The summed E-state index contributed by atoms with van der Waals surface area (Å²) < 4.78 is 15.2. The highest BCUT2D eigenvalue weighted by Crippen LogP contribution is 2.24. The molecule has 3 aromatic carbocycles. The molecule has 4 rings (SSSR count). The fraction of sp³-hybridized carbons (Fsp3) is 0.258. The molecule has 0 saturated carbocycles. The highest BCUT2D eigenvalue weighted by Gasteiger charge is 2.27. The van der Waals surface area contributed by atoms with Crippen LogP contribution < -0.4 is 5.56 Å². The number of aromatic nitrogens is 2. The fourth-order valence-corrected chi connectivity index (χ4v) is 4.47. The first kappa shape index (κ1) is 26.9. The van der Waals surface area contributed by atoms with E-state index in [2.05, 4.69) is 0 Å². The molecule has 0 aliphatic carbocycles. The van der Waals surface area contributed by atoms with Gasteiger partial charge in [0.15, 0.2) is 0 Å². The van der Waals surface area contributed by atoms with Crippen LogP contribution >= 0.6 is 0 Å². The van der Waals surface area contributed by atoms with Gasteiger partial charge in [-0.15, -0.1) is 0 Å². The number of para-hydroxylation sites is 1. The molecular weight excluding hydrogens is 479 g/mol. The summed E-state index contributed by atoms with van der Waals surface area (Å²) in [6, 6.07) is 20.3. The van der Waals surface area contributed by atoms with Gasteiger partial charge < -0.3 is 9.80 Å². The molecule has 1 amide bonds. The van der Waals surface area contributed by atoms with Gasteiger partial charge in [-0.1, -0.05) is 48.6 Å². The van der Waals surface area contributed by atoms with Crippen LogP contribution in [-0.2, 0) is 11.2 Å². The lowest BCUT2D eigenvalue weighted by atomic mass is 10.1. The van der Waals surface area contributed by atoms with Crippen molar-refractivity contribution in [1.82, 2.24) is 19.4 Å². The van der Waals surface area contributed by atoms with Gasteiger partial charge in [-0.3, -0.25) is 14.2 Å². The Morgan fingerprint density at radius 1 is 1.00 bits per heavy atom. The van der Waals surface area contributed by atoms with Gasteiger partial charge in [-0.25, -0.2) is 9.37 Å². The normalized spacial score (nSPS) is 12.4. The quantitative estimate of drug-likeness (QED) is 0.307. The Hall–Kier alpha value is -4.10. The molecule has 196 valence electrons. The Balaban J connectivity index is 1.78. The summed E-state index contributed by atoms with van der Waals surface area (Å²) in [4.78, 5) is 36.1. The maximum Gasteiger partial charge on any atom is 0.266 e. The van der Waals surface area contributed by atoms with E-state index in [1.807, 2.05) is 75.3 Å². The van der Waals surface area contributed by atoms with E-state index in [0.717, 1.165) is 11.1 Å². The maximum absolute atomic E-state index is 13.7. The van der Waals surface area contributed by atoms with Gasteiger partial charge in [0.05, 0.1) is 29.1 Å². The summed E-state index contributed by atoms with van der Waals surface area (Å²) in [5.74, 6) is -0.0320. The van der Waals surface area contributed by atoms with Gasteiger partial charge in [-0.05, 0) is 75.5 Å². The van der Waals surface area contributed by atoms with Crippen LogP contribution in [0.4, 0.5) is 4.39 Å². The summed E-state index contributed by atoms with van der Waals surface area (Å²) in [5, 5.41) is 0.458. The van der Waals surface area contributed by atoms with E-state index in [9.17, 15) is 14.0 Å². The zero-order valence-electron chi connectivity index (χ0n) is 22.3. The number of allylic oxidation sites excluding steroid dienone is 1. The van der Waals surface area contributed by atoms with E-state index in [-0.39, 0.29) is 17.9 Å². The number of halogens is 1. The SMILES string of the molecule is C/C=C\c1ccc(CC(=O)N(CCN(C)C)C(C)c2nc3ccccc3c(=O)n2-c2ccc(F)cc2)cc1. The zero-order chi connectivity index (χ0) is 27.2. The van der Waals surface area contributed by atoms with Crippen molar-refractivity contribution in [3.63, 3.8) is 0 Å². The third-order valence-electron chi connectivity index (χ3n) is 6.53. The first-order valence-electron chi connectivity index (χ1n) is 12.7. The second-order valence-electron chi connectivity index (χ2n) is 9.59. The molecular formula is C31H33FN4O2. The number of rotatable bonds is 9. The number of amides is 1. The Morgan fingerprint density at radius 2 is 1.68 bits per heavy atom. The smallest absolute Gasteiger partial charge is 0.266 e. The van der Waals surface area contributed by atoms with Gasteiger partial charge in [0.25, 0.3) is 5.56 Å². The van der Waals surface area contributed by atoms with Gasteiger partial charge >= 0.3 is 0 Å². The molecule has 0 N–H and O–H groups in total. The summed E-state index contributed by atoms with van der Waals surface area (Å²) in [5.41, 5.74) is 2.77. The molecule has 0 bridgehead atoms. The largest absolute Gasteiger partial charge is 0.331 e. The predicted molar refractivity (Wildman–Crippen MR) is 151 cm³/mol. The van der Waals surface area contributed by atoms with Crippen molar-refractivity contribution in [2.24, 2.45) is 0 Å². The molecule has 4 aromatic rings. The molecule has 6 nitrogen and oxygen atoms in total. The van der Waals surface area contributed by atoms with Gasteiger partial charge in [0.2, 0.25) is 5.91 Å². The lowest BCUT2D eigenvalue weighted by Gasteiger charge is -2.31. The first-order valence-corrected chi connectivity index (χ1v) is 12.7. The monoisotopic (exact) mass is 512 g/mol. The number of hydrogen-bond acceptors (Lipinski definition) is 4. The number of carbonyl (C=O) groups excluding carboxylic acids is 1. The van der Waals surface area contributed by atoms with E-state index in [1.165, 1.54) is 16.7 Å². The van der Waals surface area contributed by atoms with Crippen LogP contribution in [0, 0.1) is 5.82 Å². The van der Waals surface area contributed by atoms with Crippen molar-refractivity contribution in [1.29, 1.82) is 0 Å². The van der Waals surface area contributed by atoms with Crippen LogP contribution in [0.1, 0.15) is 36.8 Å². The van der Waals surface area contributed by atoms with Crippen molar-refractivity contribution in [2.75, 3.05) is 27.2 Å². The molecule has 0 fully saturated rings. The van der Waals surface area contributed by atoms with Crippen LogP contribution in [0.25, 0.3) is 22.7 Å². The second kappa shape index (κ2) is 12.0. The molecule has 1 heterocycles. The average Bonchev–Trinajstić information content (AvgIpc) is 2.90. The number of hydrogen-bond donors (Lipinski definition) is 0. The molecule has 0 saturated heterocycles. The molecule has 1 atom stereocenters. The summed E-state index contributed by atoms with van der Waals surface area (Å²) in [6.45, 7) is 4.95. The standard InChI is InChI=1S/C31H33FN4O2/c1-5-8-23-11-13-24(14-12-23)21-29(37)35(20-19-34(3)4)22(2)30-33-28-10-7-6-9-27(28)31(38)36(30)26-17-15-25(32)16-18-26/h5-18,22H,19-21H2,1-4H3/b8-5-.